The van der Waals surface area contributed by atoms with Crippen LogP contribution < -0.4 is 5.73 Å². The van der Waals surface area contributed by atoms with Crippen LogP contribution in [0.4, 0.5) is 0 Å². The van der Waals surface area contributed by atoms with Crippen LogP contribution in [-0.4, -0.2) is 65.8 Å². The lowest BCUT2D eigenvalue weighted by Gasteiger charge is -2.47. The molecule has 0 radical (unpaired) electrons. The van der Waals surface area contributed by atoms with E-state index in [1.165, 1.54) is 25.8 Å². The Hall–Kier alpha value is -0.160. The number of piperazine rings is 1. The third-order valence-corrected chi connectivity index (χ3v) is 4.76. The van der Waals surface area contributed by atoms with Gasteiger partial charge in [-0.05, 0) is 31.7 Å². The third-order valence-electron chi connectivity index (χ3n) is 4.76. The Bertz CT molecular complexity index is 272. The fourth-order valence-corrected chi connectivity index (χ4v) is 3.70. The molecule has 112 valence electrons. The van der Waals surface area contributed by atoms with Crippen molar-refractivity contribution in [3.05, 3.63) is 0 Å². The Labute approximate surface area is 117 Å². The van der Waals surface area contributed by atoms with E-state index in [2.05, 4.69) is 23.6 Å². The second-order valence-corrected chi connectivity index (χ2v) is 6.72. The van der Waals surface area contributed by atoms with Crippen molar-refractivity contribution >= 4 is 0 Å². The molecule has 2 aliphatic rings. The summed E-state index contributed by atoms with van der Waals surface area (Å²) >= 11 is 0. The Kier molecular flexibility index (Phi) is 5.63. The lowest BCUT2D eigenvalue weighted by atomic mass is 9.94. The molecule has 0 amide bonds. The van der Waals surface area contributed by atoms with Gasteiger partial charge in [0.05, 0.1) is 6.61 Å². The molecule has 2 heterocycles. The van der Waals surface area contributed by atoms with Gasteiger partial charge < -0.3 is 10.8 Å². The largest absolute Gasteiger partial charge is 0.395 e. The van der Waals surface area contributed by atoms with Crippen molar-refractivity contribution in [2.45, 2.75) is 57.7 Å². The summed E-state index contributed by atoms with van der Waals surface area (Å²) in [5.74, 6) is 0.597. The van der Waals surface area contributed by atoms with E-state index in [0.29, 0.717) is 12.0 Å². The van der Waals surface area contributed by atoms with E-state index in [9.17, 15) is 5.11 Å². The zero-order valence-electron chi connectivity index (χ0n) is 12.6. The van der Waals surface area contributed by atoms with E-state index in [1.54, 1.807) is 0 Å². The molecule has 2 saturated heterocycles. The van der Waals surface area contributed by atoms with Crippen LogP contribution in [0.15, 0.2) is 0 Å². The number of rotatable bonds is 5. The van der Waals surface area contributed by atoms with E-state index < -0.39 is 0 Å². The number of fused-ring (bicyclic) bond motifs is 1. The molecule has 19 heavy (non-hydrogen) atoms. The van der Waals surface area contributed by atoms with Gasteiger partial charge in [0.15, 0.2) is 0 Å². The predicted molar refractivity (Wildman–Crippen MR) is 79.1 cm³/mol. The number of hydrogen-bond donors (Lipinski definition) is 2. The molecule has 0 bridgehead atoms. The van der Waals surface area contributed by atoms with Gasteiger partial charge >= 0.3 is 0 Å². The molecule has 0 aromatic carbocycles. The highest BCUT2D eigenvalue weighted by Gasteiger charge is 2.33. The first-order valence-corrected chi connectivity index (χ1v) is 7.96. The van der Waals surface area contributed by atoms with E-state index in [1.807, 2.05) is 0 Å². The molecule has 4 nitrogen and oxygen atoms in total. The quantitative estimate of drug-likeness (QED) is 0.778. The molecular formula is C15H31N3O. The maximum Gasteiger partial charge on any atom is 0.0601 e. The first-order valence-electron chi connectivity index (χ1n) is 7.96. The molecule has 0 aliphatic carbocycles. The Morgan fingerprint density at radius 2 is 2.00 bits per heavy atom. The lowest BCUT2D eigenvalue weighted by Crippen LogP contribution is -2.61. The molecule has 0 aromatic rings. The fraction of sp³-hybridized carbons (Fsp3) is 1.00. The first kappa shape index (κ1) is 15.2. The SMILES string of the molecule is CC(C)CC(N)C(CO)N1CCN2CCCCC2C1. The van der Waals surface area contributed by atoms with Gasteiger partial charge in [0.2, 0.25) is 0 Å². The molecule has 0 aromatic heterocycles. The summed E-state index contributed by atoms with van der Waals surface area (Å²) in [5.41, 5.74) is 6.31. The van der Waals surface area contributed by atoms with Crippen molar-refractivity contribution in [2.75, 3.05) is 32.8 Å². The molecule has 3 unspecified atom stereocenters. The Balaban J connectivity index is 1.91. The summed E-state index contributed by atoms with van der Waals surface area (Å²) in [6.45, 7) is 9.17. The van der Waals surface area contributed by atoms with E-state index in [0.717, 1.165) is 26.1 Å². The number of nitrogens with two attached hydrogens (primary N) is 1. The molecule has 3 N–H and O–H groups in total. The summed E-state index contributed by atoms with van der Waals surface area (Å²) in [7, 11) is 0. The zero-order valence-corrected chi connectivity index (χ0v) is 12.6. The van der Waals surface area contributed by atoms with Crippen molar-refractivity contribution in [1.29, 1.82) is 0 Å². The fourth-order valence-electron chi connectivity index (χ4n) is 3.70. The minimum atomic E-state index is 0.0974. The normalized spacial score (nSPS) is 29.2. The summed E-state index contributed by atoms with van der Waals surface area (Å²) in [5, 5.41) is 9.72. The predicted octanol–water partition coefficient (Wildman–Crippen LogP) is 0.891. The maximum absolute atomic E-state index is 9.72. The highest BCUT2D eigenvalue weighted by molar-refractivity contribution is 4.91. The molecule has 2 fully saturated rings. The topological polar surface area (TPSA) is 52.7 Å². The number of nitrogens with zero attached hydrogens (tertiary/aromatic N) is 2. The minimum Gasteiger partial charge on any atom is -0.395 e. The molecule has 2 aliphatic heterocycles. The molecule has 4 heteroatoms. The highest BCUT2D eigenvalue weighted by atomic mass is 16.3. The van der Waals surface area contributed by atoms with Gasteiger partial charge in [0.25, 0.3) is 0 Å². The average molecular weight is 269 g/mol. The van der Waals surface area contributed by atoms with E-state index in [-0.39, 0.29) is 18.7 Å². The number of aliphatic hydroxyl groups excluding tert-OH is 1. The first-order chi connectivity index (χ1) is 9.11. The van der Waals surface area contributed by atoms with Crippen LogP contribution in [0, 0.1) is 5.92 Å². The highest BCUT2D eigenvalue weighted by Crippen LogP contribution is 2.23. The molecule has 2 rings (SSSR count). The van der Waals surface area contributed by atoms with Crippen molar-refractivity contribution in [1.82, 2.24) is 9.80 Å². The lowest BCUT2D eigenvalue weighted by molar-refractivity contribution is 0.00357. The summed E-state index contributed by atoms with van der Waals surface area (Å²) in [6.07, 6.45) is 5.02. The average Bonchev–Trinajstić information content (AvgIpc) is 2.38. The standard InChI is InChI=1S/C15H31N3O/c1-12(2)9-14(16)15(11-19)18-8-7-17-6-4-3-5-13(17)10-18/h12-15,19H,3-11,16H2,1-2H3. The van der Waals surface area contributed by atoms with Crippen molar-refractivity contribution < 1.29 is 5.11 Å². The third kappa shape index (κ3) is 3.91. The van der Waals surface area contributed by atoms with Crippen LogP contribution in [-0.2, 0) is 0 Å². The van der Waals surface area contributed by atoms with Crippen LogP contribution in [0.5, 0.6) is 0 Å². The second-order valence-electron chi connectivity index (χ2n) is 6.72. The number of aliphatic hydroxyl groups is 1. The second kappa shape index (κ2) is 7.02. The number of hydrogen-bond acceptors (Lipinski definition) is 4. The van der Waals surface area contributed by atoms with E-state index in [4.69, 9.17) is 5.73 Å². The van der Waals surface area contributed by atoms with E-state index >= 15 is 0 Å². The Morgan fingerprint density at radius 3 is 2.68 bits per heavy atom. The maximum atomic E-state index is 9.72. The molecule has 3 atom stereocenters. The van der Waals surface area contributed by atoms with Crippen LogP contribution in [0.3, 0.4) is 0 Å². The Morgan fingerprint density at radius 1 is 1.21 bits per heavy atom. The van der Waals surface area contributed by atoms with Gasteiger partial charge in [-0.3, -0.25) is 9.80 Å². The van der Waals surface area contributed by atoms with Gasteiger partial charge in [0, 0.05) is 37.8 Å². The smallest absolute Gasteiger partial charge is 0.0601 e. The van der Waals surface area contributed by atoms with Gasteiger partial charge in [-0.1, -0.05) is 20.3 Å². The minimum absolute atomic E-state index is 0.0974. The van der Waals surface area contributed by atoms with Crippen LogP contribution >= 0.6 is 0 Å². The van der Waals surface area contributed by atoms with Gasteiger partial charge in [-0.2, -0.15) is 0 Å². The van der Waals surface area contributed by atoms with Gasteiger partial charge in [-0.25, -0.2) is 0 Å². The van der Waals surface area contributed by atoms with Crippen molar-refractivity contribution in [3.8, 4) is 0 Å². The van der Waals surface area contributed by atoms with Crippen LogP contribution in [0.25, 0.3) is 0 Å². The summed E-state index contributed by atoms with van der Waals surface area (Å²) in [6, 6.07) is 0.939. The van der Waals surface area contributed by atoms with Crippen molar-refractivity contribution in [2.24, 2.45) is 11.7 Å². The summed E-state index contributed by atoms with van der Waals surface area (Å²) in [4.78, 5) is 5.07. The van der Waals surface area contributed by atoms with Gasteiger partial charge in [-0.15, -0.1) is 0 Å². The number of piperidine rings is 1. The van der Waals surface area contributed by atoms with Gasteiger partial charge in [0.1, 0.15) is 0 Å². The summed E-state index contributed by atoms with van der Waals surface area (Å²) < 4.78 is 0. The van der Waals surface area contributed by atoms with Crippen LogP contribution in [0.2, 0.25) is 0 Å². The monoisotopic (exact) mass is 269 g/mol. The molecule has 0 saturated carbocycles. The van der Waals surface area contributed by atoms with Crippen LogP contribution in [0.1, 0.15) is 39.5 Å². The van der Waals surface area contributed by atoms with Crippen molar-refractivity contribution in [3.63, 3.8) is 0 Å². The molecular weight excluding hydrogens is 238 g/mol. The zero-order chi connectivity index (χ0) is 13.8. The molecule has 0 spiro atoms.